The molecule has 0 saturated heterocycles. The number of carbonyl (C=O) groups is 2. The number of nitrogens with zero attached hydrogens (tertiary/aromatic N) is 5. The predicted molar refractivity (Wildman–Crippen MR) is 69.8 cm³/mol. The number of pyridine rings is 1. The van der Waals surface area contributed by atoms with E-state index in [-0.39, 0.29) is 23.9 Å². The van der Waals surface area contributed by atoms with E-state index in [0.717, 1.165) is 16.4 Å². The molecule has 2 aromatic rings. The fourth-order valence-electron chi connectivity index (χ4n) is 1.42. The summed E-state index contributed by atoms with van der Waals surface area (Å²) in [6.07, 6.45) is 1.51. The Balaban J connectivity index is 2.26. The third-order valence-electron chi connectivity index (χ3n) is 2.24. The van der Waals surface area contributed by atoms with Gasteiger partial charge in [-0.15, -0.1) is 5.10 Å². The molecule has 1 N–H and O–H groups in total. The molecule has 9 nitrogen and oxygen atoms in total. The number of ether oxygens (including phenoxy) is 1. The number of carboxylic acid groups (broad SMARTS) is 1. The van der Waals surface area contributed by atoms with Crippen LogP contribution in [-0.4, -0.2) is 48.8 Å². The first-order valence-electron chi connectivity index (χ1n) is 5.89. The maximum Gasteiger partial charge on any atom is 0.340 e. The van der Waals surface area contributed by atoms with Gasteiger partial charge in [-0.05, 0) is 41.2 Å². The number of rotatable bonds is 6. The number of aliphatic carboxylic acids is 1. The minimum absolute atomic E-state index is 0.224. The molecule has 0 fully saturated rings. The van der Waals surface area contributed by atoms with Crippen LogP contribution in [0.4, 0.5) is 0 Å². The first kappa shape index (κ1) is 14.9. The van der Waals surface area contributed by atoms with Crippen molar-refractivity contribution < 1.29 is 19.4 Å². The van der Waals surface area contributed by atoms with E-state index >= 15 is 0 Å². The number of carbonyl (C=O) groups excluding carboxylic acids is 1. The minimum Gasteiger partial charge on any atom is -0.480 e. The lowest BCUT2D eigenvalue weighted by Crippen LogP contribution is -2.12. The Labute approximate surface area is 123 Å². The highest BCUT2D eigenvalue weighted by Gasteiger charge is 2.18. The summed E-state index contributed by atoms with van der Waals surface area (Å²) in [6, 6.07) is 3.18. The predicted octanol–water partition coefficient (Wildman–Crippen LogP) is 0.481. The van der Waals surface area contributed by atoms with E-state index in [1.807, 2.05) is 0 Å². The van der Waals surface area contributed by atoms with E-state index < -0.39 is 11.9 Å². The average Bonchev–Trinajstić information content (AvgIpc) is 2.86. The van der Waals surface area contributed by atoms with Crippen LogP contribution >= 0.6 is 11.8 Å². The van der Waals surface area contributed by atoms with Crippen molar-refractivity contribution in [2.45, 2.75) is 23.7 Å². The van der Waals surface area contributed by atoms with Crippen LogP contribution in [0, 0.1) is 0 Å². The van der Waals surface area contributed by atoms with Crippen molar-refractivity contribution in [1.29, 1.82) is 0 Å². The molecule has 0 aliphatic heterocycles. The van der Waals surface area contributed by atoms with Crippen LogP contribution in [0.25, 0.3) is 0 Å². The van der Waals surface area contributed by atoms with Gasteiger partial charge in [0.05, 0.1) is 12.2 Å². The van der Waals surface area contributed by atoms with E-state index in [1.165, 1.54) is 6.20 Å². The molecule has 10 heteroatoms. The van der Waals surface area contributed by atoms with Gasteiger partial charge in [-0.3, -0.25) is 4.79 Å². The number of carboxylic acids is 1. The fraction of sp³-hybridized carbons (Fsp3) is 0.273. The molecule has 21 heavy (non-hydrogen) atoms. The van der Waals surface area contributed by atoms with Crippen molar-refractivity contribution in [1.82, 2.24) is 25.2 Å². The molecule has 0 saturated carbocycles. The van der Waals surface area contributed by atoms with Gasteiger partial charge in [0.2, 0.25) is 5.16 Å². The van der Waals surface area contributed by atoms with Crippen LogP contribution in [-0.2, 0) is 16.1 Å². The highest BCUT2D eigenvalue weighted by atomic mass is 32.2. The van der Waals surface area contributed by atoms with Crippen molar-refractivity contribution in [3.05, 3.63) is 23.9 Å². The van der Waals surface area contributed by atoms with Gasteiger partial charge in [-0.25, -0.2) is 14.5 Å². The zero-order chi connectivity index (χ0) is 15.2. The molecule has 0 unspecified atom stereocenters. The monoisotopic (exact) mass is 309 g/mol. The summed E-state index contributed by atoms with van der Waals surface area (Å²) >= 11 is 0.995. The normalized spacial score (nSPS) is 10.3. The summed E-state index contributed by atoms with van der Waals surface area (Å²) in [4.78, 5) is 26.6. The largest absolute Gasteiger partial charge is 0.480 e. The lowest BCUT2D eigenvalue weighted by Gasteiger charge is -2.06. The van der Waals surface area contributed by atoms with Crippen LogP contribution in [0.15, 0.2) is 28.5 Å². The molecular weight excluding hydrogens is 298 g/mol. The summed E-state index contributed by atoms with van der Waals surface area (Å²) in [7, 11) is 0. The molecule has 0 aliphatic rings. The van der Waals surface area contributed by atoms with Gasteiger partial charge in [0.25, 0.3) is 0 Å². The van der Waals surface area contributed by atoms with Gasteiger partial charge in [0.1, 0.15) is 11.6 Å². The third kappa shape index (κ3) is 3.75. The smallest absolute Gasteiger partial charge is 0.340 e. The zero-order valence-corrected chi connectivity index (χ0v) is 11.8. The van der Waals surface area contributed by atoms with E-state index in [1.54, 1.807) is 19.1 Å². The number of esters is 1. The van der Waals surface area contributed by atoms with Gasteiger partial charge in [0.15, 0.2) is 0 Å². The van der Waals surface area contributed by atoms with E-state index in [4.69, 9.17) is 9.84 Å². The Hall–Kier alpha value is -2.49. The molecule has 0 radical (unpaired) electrons. The third-order valence-corrected chi connectivity index (χ3v) is 3.23. The number of tetrazole rings is 1. The molecule has 0 bridgehead atoms. The molecule has 0 amide bonds. The summed E-state index contributed by atoms with van der Waals surface area (Å²) < 4.78 is 6.05. The molecule has 110 valence electrons. The molecule has 0 spiro atoms. The second-order valence-corrected chi connectivity index (χ2v) is 4.65. The van der Waals surface area contributed by atoms with E-state index in [2.05, 4.69) is 20.5 Å². The minimum atomic E-state index is -1.07. The Morgan fingerprint density at radius 1 is 1.48 bits per heavy atom. The second-order valence-electron chi connectivity index (χ2n) is 3.69. The first-order valence-corrected chi connectivity index (χ1v) is 6.71. The standard InChI is InChI=1S/C11H11N5O4S/c1-2-20-10(19)7-4-3-5-12-9(7)21-11-13-14-15-16(11)6-8(17)18/h3-5H,2,6H2,1H3,(H,17,18). The molecule has 2 rings (SSSR count). The van der Waals surface area contributed by atoms with Gasteiger partial charge < -0.3 is 9.84 Å². The SMILES string of the molecule is CCOC(=O)c1cccnc1Sc1nnnn1CC(=O)O. The summed E-state index contributed by atoms with van der Waals surface area (Å²) in [5.41, 5.74) is 0.272. The van der Waals surface area contributed by atoms with E-state index in [0.29, 0.717) is 5.03 Å². The highest BCUT2D eigenvalue weighted by Crippen LogP contribution is 2.26. The highest BCUT2D eigenvalue weighted by molar-refractivity contribution is 7.99. The topological polar surface area (TPSA) is 120 Å². The quantitative estimate of drug-likeness (QED) is 0.759. The Bertz CT molecular complexity index is 660. The van der Waals surface area contributed by atoms with Crippen molar-refractivity contribution in [2.24, 2.45) is 0 Å². The molecule has 0 aliphatic carbocycles. The Morgan fingerprint density at radius 2 is 2.29 bits per heavy atom. The molecule has 2 aromatic heterocycles. The fourth-order valence-corrected chi connectivity index (χ4v) is 2.25. The van der Waals surface area contributed by atoms with Gasteiger partial charge in [-0.1, -0.05) is 0 Å². The lowest BCUT2D eigenvalue weighted by molar-refractivity contribution is -0.138. The Morgan fingerprint density at radius 3 is 3.00 bits per heavy atom. The maximum absolute atomic E-state index is 11.8. The molecular formula is C11H11N5O4S. The van der Waals surface area contributed by atoms with Crippen molar-refractivity contribution in [3.63, 3.8) is 0 Å². The maximum atomic E-state index is 11.8. The summed E-state index contributed by atoms with van der Waals surface area (Å²) in [5, 5.41) is 20.1. The van der Waals surface area contributed by atoms with Crippen molar-refractivity contribution >= 4 is 23.7 Å². The first-order chi connectivity index (χ1) is 10.1. The van der Waals surface area contributed by atoms with Crippen LogP contribution in [0.5, 0.6) is 0 Å². The summed E-state index contributed by atoms with van der Waals surface area (Å²) in [5.74, 6) is -1.58. The second kappa shape index (κ2) is 6.79. The molecule has 0 aromatic carbocycles. The van der Waals surface area contributed by atoms with Gasteiger partial charge in [-0.2, -0.15) is 0 Å². The van der Waals surface area contributed by atoms with Crippen molar-refractivity contribution in [3.8, 4) is 0 Å². The van der Waals surface area contributed by atoms with Crippen LogP contribution < -0.4 is 0 Å². The lowest BCUT2D eigenvalue weighted by atomic mass is 10.3. The van der Waals surface area contributed by atoms with Crippen LogP contribution in [0.3, 0.4) is 0 Å². The van der Waals surface area contributed by atoms with Gasteiger partial charge in [0, 0.05) is 6.20 Å². The van der Waals surface area contributed by atoms with Crippen molar-refractivity contribution in [2.75, 3.05) is 6.61 Å². The number of hydrogen-bond donors (Lipinski definition) is 1. The average molecular weight is 309 g/mol. The number of hydrogen-bond acceptors (Lipinski definition) is 8. The van der Waals surface area contributed by atoms with E-state index in [9.17, 15) is 9.59 Å². The van der Waals surface area contributed by atoms with Crippen LogP contribution in [0.1, 0.15) is 17.3 Å². The zero-order valence-electron chi connectivity index (χ0n) is 11.0. The van der Waals surface area contributed by atoms with Gasteiger partial charge >= 0.3 is 11.9 Å². The van der Waals surface area contributed by atoms with Crippen LogP contribution in [0.2, 0.25) is 0 Å². The number of aromatic nitrogens is 5. The Kier molecular flexibility index (Phi) is 4.82. The molecule has 0 atom stereocenters. The molecule has 2 heterocycles. The summed E-state index contributed by atoms with van der Waals surface area (Å²) in [6.45, 7) is 1.57.